The summed E-state index contributed by atoms with van der Waals surface area (Å²) in [7, 11) is 1.65. The van der Waals surface area contributed by atoms with Crippen LogP contribution in [0.15, 0.2) is 11.4 Å². The zero-order chi connectivity index (χ0) is 10.4. The first kappa shape index (κ1) is 11.4. The molecule has 0 aromatic carbocycles. The molecule has 0 unspecified atom stereocenters. The van der Waals surface area contributed by atoms with Gasteiger partial charge in [-0.3, -0.25) is 4.79 Å². The number of thiophene rings is 1. The van der Waals surface area contributed by atoms with Crippen molar-refractivity contribution < 1.29 is 9.53 Å². The van der Waals surface area contributed by atoms with Crippen molar-refractivity contribution in [1.82, 2.24) is 5.32 Å². The summed E-state index contributed by atoms with van der Waals surface area (Å²) in [5.74, 6) is 0.161. The molecule has 0 aliphatic carbocycles. The topological polar surface area (TPSA) is 38.3 Å². The molecular weight excluding hydrogens is 198 g/mol. The lowest BCUT2D eigenvalue weighted by Crippen LogP contribution is -2.26. The number of ether oxygens (including phenoxy) is 1. The number of hydrogen-bond acceptors (Lipinski definition) is 4. The van der Waals surface area contributed by atoms with E-state index < -0.39 is 0 Å². The number of ketones is 1. The van der Waals surface area contributed by atoms with Crippen LogP contribution in [0.4, 0.5) is 0 Å². The number of methoxy groups -OCH3 is 1. The van der Waals surface area contributed by atoms with Crippen LogP contribution in [-0.2, 0) is 4.74 Å². The number of rotatable bonds is 6. The maximum atomic E-state index is 11.6. The van der Waals surface area contributed by atoms with E-state index in [9.17, 15) is 4.79 Å². The summed E-state index contributed by atoms with van der Waals surface area (Å²) in [6, 6.07) is 1.97. The Bertz CT molecular complexity index is 296. The molecule has 0 fully saturated rings. The van der Waals surface area contributed by atoms with E-state index in [1.165, 1.54) is 11.3 Å². The van der Waals surface area contributed by atoms with E-state index >= 15 is 0 Å². The Morgan fingerprint density at radius 1 is 1.64 bits per heavy atom. The van der Waals surface area contributed by atoms with Gasteiger partial charge in [-0.15, -0.1) is 11.3 Å². The second-order valence-corrected chi connectivity index (χ2v) is 3.94. The Kier molecular flexibility index (Phi) is 4.79. The summed E-state index contributed by atoms with van der Waals surface area (Å²) < 4.78 is 4.87. The summed E-state index contributed by atoms with van der Waals surface area (Å²) in [5.41, 5.74) is 1.06. The van der Waals surface area contributed by atoms with Crippen molar-refractivity contribution in [2.24, 2.45) is 0 Å². The number of carbonyl (C=O) groups is 1. The van der Waals surface area contributed by atoms with Crippen LogP contribution < -0.4 is 5.32 Å². The largest absolute Gasteiger partial charge is 0.383 e. The van der Waals surface area contributed by atoms with Gasteiger partial charge in [-0.05, 0) is 23.9 Å². The molecule has 1 N–H and O–H groups in total. The van der Waals surface area contributed by atoms with Gasteiger partial charge in [0.25, 0.3) is 0 Å². The van der Waals surface area contributed by atoms with Crippen LogP contribution in [0.5, 0.6) is 0 Å². The Morgan fingerprint density at radius 2 is 2.43 bits per heavy atom. The molecule has 1 aromatic rings. The normalized spacial score (nSPS) is 10.4. The third-order valence-corrected chi connectivity index (χ3v) is 2.94. The smallest absolute Gasteiger partial charge is 0.186 e. The van der Waals surface area contributed by atoms with Crippen molar-refractivity contribution in [2.45, 2.75) is 6.92 Å². The maximum absolute atomic E-state index is 11.6. The molecule has 1 aromatic heterocycles. The van der Waals surface area contributed by atoms with Crippen molar-refractivity contribution in [3.8, 4) is 0 Å². The summed E-state index contributed by atoms with van der Waals surface area (Å²) >= 11 is 1.50. The van der Waals surface area contributed by atoms with E-state index in [-0.39, 0.29) is 5.78 Å². The maximum Gasteiger partial charge on any atom is 0.186 e. The number of carbonyl (C=O) groups excluding carboxylic acids is 1. The van der Waals surface area contributed by atoms with Gasteiger partial charge in [0.1, 0.15) is 0 Å². The number of nitrogens with one attached hydrogen (secondary N) is 1. The second kappa shape index (κ2) is 5.90. The molecule has 0 radical (unpaired) electrons. The average Bonchev–Trinajstić information content (AvgIpc) is 2.59. The number of aryl methyl sites for hydroxylation is 1. The van der Waals surface area contributed by atoms with Gasteiger partial charge >= 0.3 is 0 Å². The molecule has 4 heteroatoms. The lowest BCUT2D eigenvalue weighted by atomic mass is 10.2. The SMILES string of the molecule is COCCNCC(=O)c1sccc1C. The molecule has 0 aliphatic rings. The van der Waals surface area contributed by atoms with Gasteiger partial charge in [0, 0.05) is 13.7 Å². The fourth-order valence-corrected chi connectivity index (χ4v) is 1.98. The molecular formula is C10H15NO2S. The highest BCUT2D eigenvalue weighted by molar-refractivity contribution is 7.12. The van der Waals surface area contributed by atoms with Gasteiger partial charge in [-0.2, -0.15) is 0 Å². The summed E-state index contributed by atoms with van der Waals surface area (Å²) in [4.78, 5) is 12.5. The van der Waals surface area contributed by atoms with E-state index in [1.807, 2.05) is 18.4 Å². The van der Waals surface area contributed by atoms with Gasteiger partial charge in [0.2, 0.25) is 0 Å². The third-order valence-electron chi connectivity index (χ3n) is 1.88. The minimum atomic E-state index is 0.161. The third kappa shape index (κ3) is 3.21. The van der Waals surface area contributed by atoms with Gasteiger partial charge in [-0.1, -0.05) is 0 Å². The molecule has 0 atom stereocenters. The van der Waals surface area contributed by atoms with E-state index in [0.717, 1.165) is 10.4 Å². The highest BCUT2D eigenvalue weighted by Crippen LogP contribution is 2.15. The molecule has 1 heterocycles. The van der Waals surface area contributed by atoms with Crippen LogP contribution in [0.2, 0.25) is 0 Å². The second-order valence-electron chi connectivity index (χ2n) is 3.03. The van der Waals surface area contributed by atoms with Crippen LogP contribution in [0, 0.1) is 6.92 Å². The lowest BCUT2D eigenvalue weighted by Gasteiger charge is -2.02. The lowest BCUT2D eigenvalue weighted by molar-refractivity contribution is 0.0991. The highest BCUT2D eigenvalue weighted by Gasteiger charge is 2.09. The molecule has 78 valence electrons. The van der Waals surface area contributed by atoms with E-state index in [4.69, 9.17) is 4.74 Å². The van der Waals surface area contributed by atoms with E-state index in [2.05, 4.69) is 5.32 Å². The van der Waals surface area contributed by atoms with Crippen molar-refractivity contribution in [3.63, 3.8) is 0 Å². The number of hydrogen-bond donors (Lipinski definition) is 1. The molecule has 0 saturated heterocycles. The van der Waals surface area contributed by atoms with E-state index in [1.54, 1.807) is 7.11 Å². The summed E-state index contributed by atoms with van der Waals surface area (Å²) in [6.45, 7) is 3.70. The Labute approximate surface area is 88.1 Å². The minimum absolute atomic E-state index is 0.161. The molecule has 0 spiro atoms. The first-order valence-electron chi connectivity index (χ1n) is 4.52. The van der Waals surface area contributed by atoms with Crippen LogP contribution in [0.3, 0.4) is 0 Å². The minimum Gasteiger partial charge on any atom is -0.383 e. The number of Topliss-reactive ketones (excluding diaryl/α,β-unsaturated/α-hetero) is 1. The first-order valence-corrected chi connectivity index (χ1v) is 5.40. The Morgan fingerprint density at radius 3 is 3.00 bits per heavy atom. The Balaban J connectivity index is 2.32. The standard InChI is InChI=1S/C10H15NO2S/c1-8-3-6-14-10(8)9(12)7-11-4-5-13-2/h3,6,11H,4-5,7H2,1-2H3. The predicted molar refractivity (Wildman–Crippen MR) is 58.1 cm³/mol. The predicted octanol–water partition coefficient (Wildman–Crippen LogP) is 1.48. The van der Waals surface area contributed by atoms with Crippen LogP contribution >= 0.6 is 11.3 Å². The van der Waals surface area contributed by atoms with Crippen LogP contribution in [-0.4, -0.2) is 32.6 Å². The van der Waals surface area contributed by atoms with Gasteiger partial charge in [0.15, 0.2) is 5.78 Å². The van der Waals surface area contributed by atoms with Crippen molar-refractivity contribution in [2.75, 3.05) is 26.8 Å². The molecule has 0 amide bonds. The van der Waals surface area contributed by atoms with Gasteiger partial charge < -0.3 is 10.1 Å². The van der Waals surface area contributed by atoms with Crippen LogP contribution in [0.25, 0.3) is 0 Å². The van der Waals surface area contributed by atoms with Crippen LogP contribution in [0.1, 0.15) is 15.2 Å². The van der Waals surface area contributed by atoms with Crippen molar-refractivity contribution in [3.05, 3.63) is 21.9 Å². The Hall–Kier alpha value is -0.710. The molecule has 3 nitrogen and oxygen atoms in total. The molecule has 1 rings (SSSR count). The monoisotopic (exact) mass is 213 g/mol. The molecule has 0 saturated carbocycles. The fourth-order valence-electron chi connectivity index (χ4n) is 1.11. The van der Waals surface area contributed by atoms with E-state index in [0.29, 0.717) is 19.7 Å². The highest BCUT2D eigenvalue weighted by atomic mass is 32.1. The van der Waals surface area contributed by atoms with Crippen molar-refractivity contribution in [1.29, 1.82) is 0 Å². The molecule has 0 aliphatic heterocycles. The summed E-state index contributed by atoms with van der Waals surface area (Å²) in [6.07, 6.45) is 0. The van der Waals surface area contributed by atoms with Gasteiger partial charge in [-0.25, -0.2) is 0 Å². The first-order chi connectivity index (χ1) is 6.75. The zero-order valence-corrected chi connectivity index (χ0v) is 9.32. The van der Waals surface area contributed by atoms with Gasteiger partial charge in [0.05, 0.1) is 18.0 Å². The van der Waals surface area contributed by atoms with Crippen molar-refractivity contribution >= 4 is 17.1 Å². The molecule has 14 heavy (non-hydrogen) atoms. The fraction of sp³-hybridized carbons (Fsp3) is 0.500. The quantitative estimate of drug-likeness (QED) is 0.574. The summed E-state index contributed by atoms with van der Waals surface area (Å²) in [5, 5.41) is 4.98. The zero-order valence-electron chi connectivity index (χ0n) is 8.50. The average molecular weight is 213 g/mol. The molecule has 0 bridgehead atoms.